The number of allylic oxidation sites excluding steroid dienone is 6. The number of hydrogen-bond donors (Lipinski definition) is 0. The van der Waals surface area contributed by atoms with Crippen molar-refractivity contribution in [1.29, 1.82) is 0 Å². The third-order valence-corrected chi connectivity index (χ3v) is 1.07. The number of hydrogen-bond acceptors (Lipinski definition) is 1. The quantitative estimate of drug-likeness (QED) is 0.380. The van der Waals surface area contributed by atoms with E-state index in [-0.39, 0.29) is 11.6 Å². The molecule has 72 valence electrons. The molecule has 1 nitrogen and oxygen atoms in total. The van der Waals surface area contributed by atoms with Crippen molar-refractivity contribution in [1.82, 2.24) is 0 Å². The molecular weight excluding hydrogens is 181 g/mol. The number of carbonyl (C=O) groups excluding carboxylic acids is 1. The molecule has 4 heteroatoms. The molecule has 13 heavy (non-hydrogen) atoms. The fourth-order valence-corrected chi connectivity index (χ4v) is 0.595. The van der Waals surface area contributed by atoms with Gasteiger partial charge < -0.3 is 0 Å². The van der Waals surface area contributed by atoms with E-state index in [1.54, 1.807) is 13.0 Å². The van der Waals surface area contributed by atoms with Gasteiger partial charge in [-0.05, 0) is 6.92 Å². The van der Waals surface area contributed by atoms with Gasteiger partial charge in [0.05, 0.1) is 0 Å². The Kier molecular flexibility index (Phi) is 4.80. The lowest BCUT2D eigenvalue weighted by Gasteiger charge is -1.94. The van der Waals surface area contributed by atoms with E-state index >= 15 is 0 Å². The van der Waals surface area contributed by atoms with Crippen molar-refractivity contribution in [2.24, 2.45) is 0 Å². The molecule has 0 saturated heterocycles. The molecule has 0 saturated carbocycles. The first-order chi connectivity index (χ1) is 5.99. The Hall–Kier alpha value is -1.32. The Labute approximate surface area is 74.2 Å². The molecule has 0 aromatic heterocycles. The number of alkyl halides is 3. The van der Waals surface area contributed by atoms with Crippen LogP contribution in [0.3, 0.4) is 0 Å². The summed E-state index contributed by atoms with van der Waals surface area (Å²) in [5, 5.41) is 0. The van der Waals surface area contributed by atoms with Crippen molar-refractivity contribution < 1.29 is 18.0 Å². The van der Waals surface area contributed by atoms with Gasteiger partial charge in [-0.3, -0.25) is 4.79 Å². The Morgan fingerprint density at radius 2 is 1.92 bits per heavy atom. The minimum Gasteiger partial charge on any atom is -0.298 e. The molecule has 0 aliphatic rings. The first-order valence-electron chi connectivity index (χ1n) is 3.53. The lowest BCUT2D eigenvalue weighted by Crippen LogP contribution is -1.99. The summed E-state index contributed by atoms with van der Waals surface area (Å²) in [4.78, 5) is 10.2. The van der Waals surface area contributed by atoms with Crippen LogP contribution in [0.15, 0.2) is 36.0 Å². The molecule has 0 aromatic rings. The molecule has 0 heterocycles. The van der Waals surface area contributed by atoms with Crippen LogP contribution in [-0.2, 0) is 4.79 Å². The van der Waals surface area contributed by atoms with E-state index < -0.39 is 6.18 Å². The van der Waals surface area contributed by atoms with Gasteiger partial charge >= 0.3 is 6.18 Å². The van der Waals surface area contributed by atoms with E-state index in [1.165, 1.54) is 6.08 Å². The van der Waals surface area contributed by atoms with Crippen LogP contribution in [-0.4, -0.2) is 12.5 Å². The Morgan fingerprint density at radius 1 is 1.31 bits per heavy atom. The fourth-order valence-electron chi connectivity index (χ4n) is 0.595. The third kappa shape index (κ3) is 7.05. The van der Waals surface area contributed by atoms with Crippen molar-refractivity contribution in [3.8, 4) is 0 Å². The van der Waals surface area contributed by atoms with E-state index in [9.17, 15) is 18.0 Å². The maximum absolute atomic E-state index is 11.6. The summed E-state index contributed by atoms with van der Waals surface area (Å²) in [5.41, 5.74) is 0.197. The fraction of sp³-hybridized carbons (Fsp3) is 0.222. The molecule has 0 aromatic carbocycles. The molecule has 0 amide bonds. The molecule has 0 radical (unpaired) electrons. The second-order valence-electron chi connectivity index (χ2n) is 2.19. The zero-order valence-corrected chi connectivity index (χ0v) is 7.01. The minimum atomic E-state index is -4.33. The highest BCUT2D eigenvalue weighted by Crippen LogP contribution is 2.15. The molecule has 0 rings (SSSR count). The molecule has 0 atom stereocenters. The van der Waals surface area contributed by atoms with Crippen LogP contribution in [0.1, 0.15) is 6.92 Å². The predicted molar refractivity (Wildman–Crippen MR) is 44.2 cm³/mol. The van der Waals surface area contributed by atoms with Crippen LogP contribution < -0.4 is 0 Å². The van der Waals surface area contributed by atoms with Crippen molar-refractivity contribution >= 4 is 6.29 Å². The van der Waals surface area contributed by atoms with Crippen LogP contribution in [0.5, 0.6) is 0 Å². The van der Waals surface area contributed by atoms with Gasteiger partial charge in [-0.1, -0.05) is 24.3 Å². The summed E-state index contributed by atoms with van der Waals surface area (Å²) in [6.45, 7) is 1.67. The van der Waals surface area contributed by atoms with Gasteiger partial charge in [0.2, 0.25) is 0 Å². The predicted octanol–water partition coefficient (Wildman–Crippen LogP) is 2.81. The highest BCUT2D eigenvalue weighted by molar-refractivity contribution is 5.77. The molecule has 0 aliphatic heterocycles. The molecule has 0 unspecified atom stereocenters. The van der Waals surface area contributed by atoms with Gasteiger partial charge in [0.1, 0.15) is 6.29 Å². The molecule has 0 aliphatic carbocycles. The SMILES string of the molecule is C\C=C/C(C=O)=C\C=C\C(F)(F)F. The minimum absolute atomic E-state index is 0.0694. The van der Waals surface area contributed by atoms with Crippen LogP contribution in [0.4, 0.5) is 13.2 Å². The summed E-state index contributed by atoms with van der Waals surface area (Å²) >= 11 is 0. The summed E-state index contributed by atoms with van der Waals surface area (Å²) in [7, 11) is 0. The first kappa shape index (κ1) is 11.7. The van der Waals surface area contributed by atoms with Gasteiger partial charge in [-0.2, -0.15) is 13.2 Å². The second kappa shape index (κ2) is 5.35. The lowest BCUT2D eigenvalue weighted by molar-refractivity contribution is -0.104. The number of rotatable bonds is 3. The first-order valence-corrected chi connectivity index (χ1v) is 3.53. The summed E-state index contributed by atoms with van der Waals surface area (Å²) < 4.78 is 34.7. The third-order valence-electron chi connectivity index (χ3n) is 1.07. The van der Waals surface area contributed by atoms with Gasteiger partial charge in [0.25, 0.3) is 0 Å². The van der Waals surface area contributed by atoms with Crippen molar-refractivity contribution in [2.45, 2.75) is 13.1 Å². The van der Waals surface area contributed by atoms with Gasteiger partial charge in [0, 0.05) is 11.6 Å². The van der Waals surface area contributed by atoms with E-state index in [2.05, 4.69) is 0 Å². The number of carbonyl (C=O) groups is 1. The topological polar surface area (TPSA) is 17.1 Å². The van der Waals surface area contributed by atoms with E-state index in [0.717, 1.165) is 12.2 Å². The highest BCUT2D eigenvalue weighted by Gasteiger charge is 2.21. The number of aldehydes is 1. The molecule has 0 bridgehead atoms. The summed E-state index contributed by atoms with van der Waals surface area (Å²) in [5.74, 6) is 0. The molecule has 0 N–H and O–H groups in total. The van der Waals surface area contributed by atoms with Gasteiger partial charge in [-0.15, -0.1) is 0 Å². The van der Waals surface area contributed by atoms with Crippen molar-refractivity contribution in [3.05, 3.63) is 36.0 Å². The second-order valence-corrected chi connectivity index (χ2v) is 2.19. The number of halogens is 3. The Balaban J connectivity index is 4.39. The maximum Gasteiger partial charge on any atom is 0.409 e. The van der Waals surface area contributed by atoms with Crippen LogP contribution in [0, 0.1) is 0 Å². The highest BCUT2D eigenvalue weighted by atomic mass is 19.4. The van der Waals surface area contributed by atoms with Crippen molar-refractivity contribution in [2.75, 3.05) is 0 Å². The van der Waals surface area contributed by atoms with Crippen LogP contribution in [0.2, 0.25) is 0 Å². The zero-order valence-electron chi connectivity index (χ0n) is 7.01. The van der Waals surface area contributed by atoms with Gasteiger partial charge in [-0.25, -0.2) is 0 Å². The van der Waals surface area contributed by atoms with Crippen LogP contribution in [0.25, 0.3) is 0 Å². The largest absolute Gasteiger partial charge is 0.409 e. The average molecular weight is 190 g/mol. The van der Waals surface area contributed by atoms with E-state index in [1.807, 2.05) is 0 Å². The summed E-state index contributed by atoms with van der Waals surface area (Å²) in [6.07, 6.45) is 1.11. The Morgan fingerprint density at radius 3 is 2.31 bits per heavy atom. The van der Waals surface area contributed by atoms with Gasteiger partial charge in [0.15, 0.2) is 0 Å². The van der Waals surface area contributed by atoms with Crippen LogP contribution >= 0.6 is 0 Å². The molecule has 0 fully saturated rings. The summed E-state index contributed by atoms with van der Waals surface area (Å²) in [6, 6.07) is 0. The van der Waals surface area contributed by atoms with E-state index in [0.29, 0.717) is 6.29 Å². The van der Waals surface area contributed by atoms with E-state index in [4.69, 9.17) is 0 Å². The lowest BCUT2D eigenvalue weighted by atomic mass is 10.2. The molecular formula is C9H9F3O. The van der Waals surface area contributed by atoms with Crippen molar-refractivity contribution in [3.63, 3.8) is 0 Å². The standard InChI is InChI=1S/C9H9F3O/c1-2-4-8(7-13)5-3-6-9(10,11)12/h2-7H,1H3/b4-2-,6-3+,8-5+. The normalized spacial score (nSPS) is 14.3. The monoisotopic (exact) mass is 190 g/mol. The average Bonchev–Trinajstić information content (AvgIpc) is 2.01. The molecule has 0 spiro atoms. The smallest absolute Gasteiger partial charge is 0.298 e. The Bertz CT molecular complexity index is 246. The zero-order chi connectivity index (χ0) is 10.3. The maximum atomic E-state index is 11.6.